The number of carbonyl (C=O) groups is 1. The Morgan fingerprint density at radius 3 is 2.67 bits per heavy atom. The van der Waals surface area contributed by atoms with Crippen molar-refractivity contribution in [3.8, 4) is 0 Å². The summed E-state index contributed by atoms with van der Waals surface area (Å²) in [6, 6.07) is 5.17. The van der Waals surface area contributed by atoms with Crippen LogP contribution in [0.15, 0.2) is 24.3 Å². The van der Waals surface area contributed by atoms with Crippen LogP contribution in [0.5, 0.6) is 0 Å². The minimum atomic E-state index is -2.62. The summed E-state index contributed by atoms with van der Waals surface area (Å²) in [6.45, 7) is 3.18. The summed E-state index contributed by atoms with van der Waals surface area (Å²) in [7, 11) is 0. The minimum absolute atomic E-state index is 0.0243. The third-order valence-corrected chi connectivity index (χ3v) is 3.91. The molecule has 0 aliphatic carbocycles. The van der Waals surface area contributed by atoms with E-state index in [4.69, 9.17) is 0 Å². The smallest absolute Gasteiger partial charge is 0.255 e. The molecule has 1 saturated heterocycles. The van der Waals surface area contributed by atoms with E-state index < -0.39 is 31.0 Å². The van der Waals surface area contributed by atoms with Crippen molar-refractivity contribution in [1.29, 1.82) is 0 Å². The number of benzene rings is 1. The zero-order chi connectivity index (χ0) is 15.6. The molecule has 0 radical (unpaired) electrons. The number of nitrogens with one attached hydrogen (secondary N) is 1. The quantitative estimate of drug-likeness (QED) is 0.907. The van der Waals surface area contributed by atoms with Crippen LogP contribution in [0.1, 0.15) is 32.0 Å². The number of hydrogen-bond acceptors (Lipinski definition) is 2. The molecule has 1 fully saturated rings. The molecule has 1 N–H and O–H groups in total. The van der Waals surface area contributed by atoms with Crippen LogP contribution >= 0.6 is 0 Å². The zero-order valence-electron chi connectivity index (χ0n) is 12.0. The molecule has 2 rings (SSSR count). The summed E-state index contributed by atoms with van der Waals surface area (Å²) in [5.74, 6) is -0.777. The molecule has 1 heterocycles. The highest BCUT2D eigenvalue weighted by Gasteiger charge is 2.42. The van der Waals surface area contributed by atoms with E-state index in [0.29, 0.717) is 5.56 Å². The maximum atomic E-state index is 13.3. The van der Waals surface area contributed by atoms with Gasteiger partial charge in [-0.1, -0.05) is 32.4 Å². The van der Waals surface area contributed by atoms with Crippen LogP contribution in [0, 0.1) is 11.7 Å². The van der Waals surface area contributed by atoms with Gasteiger partial charge >= 0.3 is 0 Å². The normalized spacial score (nSPS) is 23.9. The summed E-state index contributed by atoms with van der Waals surface area (Å²) >= 11 is 0. The Bertz CT molecular complexity index is 509. The van der Waals surface area contributed by atoms with Crippen molar-refractivity contribution < 1.29 is 18.0 Å². The topological polar surface area (TPSA) is 32.3 Å². The predicted octanol–water partition coefficient (Wildman–Crippen LogP) is 2.94. The lowest BCUT2D eigenvalue weighted by Gasteiger charge is -2.24. The lowest BCUT2D eigenvalue weighted by atomic mass is 9.99. The van der Waals surface area contributed by atoms with Gasteiger partial charge in [0, 0.05) is 0 Å². The molecule has 1 aromatic rings. The molecule has 0 bridgehead atoms. The van der Waals surface area contributed by atoms with Gasteiger partial charge in [-0.15, -0.1) is 0 Å². The van der Waals surface area contributed by atoms with Crippen LogP contribution in [-0.4, -0.2) is 29.8 Å². The van der Waals surface area contributed by atoms with E-state index in [0.717, 1.165) is 11.3 Å². The Labute approximate surface area is 122 Å². The first kappa shape index (κ1) is 15.8. The minimum Gasteiger partial charge on any atom is -0.316 e. The van der Waals surface area contributed by atoms with Crippen LogP contribution in [0.25, 0.3) is 0 Å². The summed E-state index contributed by atoms with van der Waals surface area (Å²) in [5.41, 5.74) is 0.481. The number of nitrogens with zero attached hydrogens (tertiary/aromatic N) is 1. The Kier molecular flexibility index (Phi) is 4.88. The molecule has 3 atom stereocenters. The monoisotopic (exact) mass is 300 g/mol. The molecule has 0 aromatic heterocycles. The fourth-order valence-electron chi connectivity index (χ4n) is 2.58. The zero-order valence-corrected chi connectivity index (χ0v) is 12.0. The molecule has 116 valence electrons. The number of rotatable bonds is 5. The van der Waals surface area contributed by atoms with Crippen molar-refractivity contribution in [2.45, 2.75) is 38.9 Å². The van der Waals surface area contributed by atoms with Gasteiger partial charge in [0.1, 0.15) is 12.0 Å². The molecule has 6 heteroatoms. The van der Waals surface area contributed by atoms with E-state index in [-0.39, 0.29) is 11.8 Å². The van der Waals surface area contributed by atoms with Crippen molar-refractivity contribution in [3.63, 3.8) is 0 Å². The highest BCUT2D eigenvalue weighted by atomic mass is 19.3. The first-order chi connectivity index (χ1) is 9.93. The van der Waals surface area contributed by atoms with E-state index in [9.17, 15) is 18.0 Å². The molecular formula is C15H19F3N2O. The van der Waals surface area contributed by atoms with Crippen molar-refractivity contribution in [2.75, 3.05) is 6.54 Å². The molecule has 1 aliphatic heterocycles. The first-order valence-corrected chi connectivity index (χ1v) is 7.04. The van der Waals surface area contributed by atoms with Crippen molar-refractivity contribution >= 4 is 5.91 Å². The van der Waals surface area contributed by atoms with Gasteiger partial charge in [0.05, 0.1) is 12.6 Å². The third kappa shape index (κ3) is 3.37. The van der Waals surface area contributed by atoms with E-state index in [1.165, 1.54) is 18.2 Å². The Hall–Kier alpha value is -1.56. The maximum absolute atomic E-state index is 13.3. The number of hydrogen-bond donors (Lipinski definition) is 1. The van der Waals surface area contributed by atoms with Crippen molar-refractivity contribution in [3.05, 3.63) is 35.6 Å². The Morgan fingerprint density at radius 1 is 1.38 bits per heavy atom. The molecule has 1 aliphatic rings. The molecule has 0 spiro atoms. The molecule has 3 nitrogen and oxygen atoms in total. The number of carbonyl (C=O) groups excluding carboxylic acids is 1. The van der Waals surface area contributed by atoms with Crippen molar-refractivity contribution in [1.82, 2.24) is 10.2 Å². The Morgan fingerprint density at radius 2 is 2.10 bits per heavy atom. The van der Waals surface area contributed by atoms with Crippen LogP contribution < -0.4 is 5.32 Å². The first-order valence-electron chi connectivity index (χ1n) is 7.04. The second-order valence-corrected chi connectivity index (χ2v) is 5.37. The fourth-order valence-corrected chi connectivity index (χ4v) is 2.58. The predicted molar refractivity (Wildman–Crippen MR) is 73.2 cm³/mol. The van der Waals surface area contributed by atoms with Gasteiger partial charge in [-0.05, 0) is 23.6 Å². The second-order valence-electron chi connectivity index (χ2n) is 5.37. The fraction of sp³-hybridized carbons (Fsp3) is 0.533. The summed E-state index contributed by atoms with van der Waals surface area (Å²) < 4.78 is 38.8. The SMILES string of the molecule is CCC(C)C1NC(c2cccc(F)c2)N(CC(F)F)C1=O. The molecule has 3 unspecified atom stereocenters. The lowest BCUT2D eigenvalue weighted by molar-refractivity contribution is -0.132. The van der Waals surface area contributed by atoms with Gasteiger partial charge in [-0.2, -0.15) is 0 Å². The average Bonchev–Trinajstić information content (AvgIpc) is 2.75. The van der Waals surface area contributed by atoms with Gasteiger partial charge in [-0.25, -0.2) is 13.2 Å². The van der Waals surface area contributed by atoms with E-state index in [2.05, 4.69) is 5.32 Å². The van der Waals surface area contributed by atoms with E-state index in [1.807, 2.05) is 13.8 Å². The van der Waals surface area contributed by atoms with Gasteiger partial charge in [0.15, 0.2) is 0 Å². The molecule has 1 amide bonds. The van der Waals surface area contributed by atoms with Gasteiger partial charge < -0.3 is 4.90 Å². The van der Waals surface area contributed by atoms with E-state index >= 15 is 0 Å². The highest BCUT2D eigenvalue weighted by Crippen LogP contribution is 2.29. The number of alkyl halides is 2. The maximum Gasteiger partial charge on any atom is 0.255 e. The number of halogens is 3. The standard InChI is InChI=1S/C15H19F3N2O/c1-3-9(2)13-15(21)20(8-12(17)18)14(19-13)10-5-4-6-11(16)7-10/h4-7,9,12-14,19H,3,8H2,1-2H3. The van der Waals surface area contributed by atoms with Crippen LogP contribution in [0.2, 0.25) is 0 Å². The van der Waals surface area contributed by atoms with Gasteiger partial charge in [0.25, 0.3) is 6.43 Å². The molecule has 1 aromatic carbocycles. The van der Waals surface area contributed by atoms with Crippen LogP contribution in [-0.2, 0) is 4.79 Å². The third-order valence-electron chi connectivity index (χ3n) is 3.91. The molecule has 0 saturated carbocycles. The van der Waals surface area contributed by atoms with Crippen LogP contribution in [0.3, 0.4) is 0 Å². The molecule has 21 heavy (non-hydrogen) atoms. The van der Waals surface area contributed by atoms with Crippen molar-refractivity contribution in [2.24, 2.45) is 5.92 Å². The summed E-state index contributed by atoms with van der Waals surface area (Å²) in [6.07, 6.45) is -2.58. The lowest BCUT2D eigenvalue weighted by Crippen LogP contribution is -2.37. The average molecular weight is 300 g/mol. The highest BCUT2D eigenvalue weighted by molar-refractivity contribution is 5.85. The van der Waals surface area contributed by atoms with Crippen LogP contribution in [0.4, 0.5) is 13.2 Å². The summed E-state index contributed by atoms with van der Waals surface area (Å²) in [4.78, 5) is 13.5. The largest absolute Gasteiger partial charge is 0.316 e. The van der Waals surface area contributed by atoms with Gasteiger partial charge in [-0.3, -0.25) is 10.1 Å². The second kappa shape index (κ2) is 6.47. The number of amides is 1. The summed E-state index contributed by atoms with van der Waals surface area (Å²) in [5, 5.41) is 3.07. The Balaban J connectivity index is 2.30. The molecular weight excluding hydrogens is 281 g/mol. The van der Waals surface area contributed by atoms with Gasteiger partial charge in [0.2, 0.25) is 5.91 Å². The van der Waals surface area contributed by atoms with E-state index in [1.54, 1.807) is 6.07 Å².